The summed E-state index contributed by atoms with van der Waals surface area (Å²) in [5.41, 5.74) is 0.0125. The molecule has 1 aliphatic rings. The number of rotatable bonds is 6. The molecule has 1 aromatic carbocycles. The zero-order valence-corrected chi connectivity index (χ0v) is 15.4. The molecule has 1 aromatic heterocycles. The lowest BCUT2D eigenvalue weighted by atomic mass is 9.80. The quantitative estimate of drug-likeness (QED) is 0.830. The molecule has 3 rings (SSSR count). The van der Waals surface area contributed by atoms with Gasteiger partial charge in [-0.05, 0) is 43.2 Å². The van der Waals surface area contributed by atoms with E-state index in [2.05, 4.69) is 5.10 Å². The van der Waals surface area contributed by atoms with Gasteiger partial charge in [-0.15, -0.1) is 0 Å². The Bertz CT molecular complexity index is 813. The number of aliphatic carboxylic acids is 1. The minimum absolute atomic E-state index is 0.0758. The maximum atomic E-state index is 12.9. The lowest BCUT2D eigenvalue weighted by Crippen LogP contribution is -2.52. The van der Waals surface area contributed by atoms with Gasteiger partial charge in [0, 0.05) is 26.4 Å². The summed E-state index contributed by atoms with van der Waals surface area (Å²) in [5, 5.41) is 14.0. The predicted octanol–water partition coefficient (Wildman–Crippen LogP) is 1.83. The highest BCUT2D eigenvalue weighted by atomic mass is 16.5. The third-order valence-corrected chi connectivity index (χ3v) is 4.88. The number of nitrogens with zero attached hydrogens (tertiary/aromatic N) is 3. The summed E-state index contributed by atoms with van der Waals surface area (Å²) in [6, 6.07) is 8.95. The van der Waals surface area contributed by atoms with E-state index in [1.807, 2.05) is 24.3 Å². The molecule has 8 nitrogen and oxygen atoms in total. The van der Waals surface area contributed by atoms with E-state index >= 15 is 0 Å². The highest BCUT2D eigenvalue weighted by molar-refractivity contribution is 5.93. The van der Waals surface area contributed by atoms with E-state index in [9.17, 15) is 14.7 Å². The van der Waals surface area contributed by atoms with Gasteiger partial charge >= 0.3 is 5.97 Å². The molecule has 8 heteroatoms. The van der Waals surface area contributed by atoms with Gasteiger partial charge in [-0.1, -0.05) is 0 Å². The van der Waals surface area contributed by atoms with E-state index in [4.69, 9.17) is 9.47 Å². The van der Waals surface area contributed by atoms with Crippen molar-refractivity contribution in [3.05, 3.63) is 42.2 Å². The largest absolute Gasteiger partial charge is 0.497 e. The number of hydrogen-bond donors (Lipinski definition) is 1. The molecule has 1 atom stereocenters. The maximum absolute atomic E-state index is 12.9. The van der Waals surface area contributed by atoms with Crippen LogP contribution in [0.1, 0.15) is 23.3 Å². The Morgan fingerprint density at radius 1 is 1.22 bits per heavy atom. The SMILES string of the molecule is COCC1(C(=O)O)CCCN(C(=O)c2ccn(-c3ccc(OC)cc3)n2)C1. The van der Waals surface area contributed by atoms with Gasteiger partial charge in [-0.2, -0.15) is 5.10 Å². The second-order valence-corrected chi connectivity index (χ2v) is 6.69. The molecule has 0 spiro atoms. The van der Waals surface area contributed by atoms with Crippen molar-refractivity contribution in [1.82, 2.24) is 14.7 Å². The Morgan fingerprint density at radius 2 is 1.96 bits per heavy atom. The van der Waals surface area contributed by atoms with Crippen molar-refractivity contribution in [2.75, 3.05) is 33.9 Å². The number of piperidine rings is 1. The van der Waals surface area contributed by atoms with Crippen LogP contribution in [0.25, 0.3) is 5.69 Å². The summed E-state index contributed by atoms with van der Waals surface area (Å²) in [6.45, 7) is 0.698. The fraction of sp³-hybridized carbons (Fsp3) is 0.421. The number of amides is 1. The number of likely N-dealkylation sites (tertiary alicyclic amines) is 1. The zero-order valence-electron chi connectivity index (χ0n) is 15.4. The second kappa shape index (κ2) is 7.79. The van der Waals surface area contributed by atoms with Gasteiger partial charge in [0.25, 0.3) is 5.91 Å². The Labute approximate surface area is 157 Å². The third-order valence-electron chi connectivity index (χ3n) is 4.88. The van der Waals surface area contributed by atoms with Crippen LogP contribution in [0.4, 0.5) is 0 Å². The molecule has 1 saturated heterocycles. The normalized spacial score (nSPS) is 19.7. The number of methoxy groups -OCH3 is 2. The van der Waals surface area contributed by atoms with Crippen LogP contribution in [-0.4, -0.2) is 65.6 Å². The first-order chi connectivity index (χ1) is 13.0. The average Bonchev–Trinajstić information content (AvgIpc) is 3.18. The Morgan fingerprint density at radius 3 is 2.59 bits per heavy atom. The van der Waals surface area contributed by atoms with Crippen LogP contribution in [0.3, 0.4) is 0 Å². The van der Waals surface area contributed by atoms with E-state index in [1.54, 1.807) is 29.0 Å². The molecule has 0 saturated carbocycles. The molecule has 1 unspecified atom stereocenters. The topological polar surface area (TPSA) is 93.9 Å². The van der Waals surface area contributed by atoms with E-state index in [-0.39, 0.29) is 24.8 Å². The van der Waals surface area contributed by atoms with Gasteiger partial charge in [0.2, 0.25) is 0 Å². The molecule has 1 fully saturated rings. The second-order valence-electron chi connectivity index (χ2n) is 6.69. The predicted molar refractivity (Wildman–Crippen MR) is 97.2 cm³/mol. The first-order valence-electron chi connectivity index (χ1n) is 8.71. The van der Waals surface area contributed by atoms with Crippen LogP contribution in [0.2, 0.25) is 0 Å². The summed E-state index contributed by atoms with van der Waals surface area (Å²) in [7, 11) is 3.07. The average molecular weight is 373 g/mol. The number of carbonyl (C=O) groups is 2. The first kappa shape index (κ1) is 18.9. The van der Waals surface area contributed by atoms with Crippen molar-refractivity contribution in [3.8, 4) is 11.4 Å². The molecule has 27 heavy (non-hydrogen) atoms. The maximum Gasteiger partial charge on any atom is 0.313 e. The lowest BCUT2D eigenvalue weighted by molar-refractivity contribution is -0.155. The van der Waals surface area contributed by atoms with Crippen LogP contribution in [0, 0.1) is 5.41 Å². The van der Waals surface area contributed by atoms with E-state index < -0.39 is 11.4 Å². The number of carboxylic acid groups (broad SMARTS) is 1. The van der Waals surface area contributed by atoms with Gasteiger partial charge in [-0.25, -0.2) is 4.68 Å². The molecule has 0 bridgehead atoms. The van der Waals surface area contributed by atoms with Crippen molar-refractivity contribution in [3.63, 3.8) is 0 Å². The molecule has 0 radical (unpaired) electrons. The minimum Gasteiger partial charge on any atom is -0.497 e. The molecule has 1 amide bonds. The van der Waals surface area contributed by atoms with E-state index in [1.165, 1.54) is 7.11 Å². The molecule has 1 N–H and O–H groups in total. The first-order valence-corrected chi connectivity index (χ1v) is 8.71. The summed E-state index contributed by atoms with van der Waals surface area (Å²) in [5.74, 6) is -0.479. The van der Waals surface area contributed by atoms with Crippen LogP contribution in [0.15, 0.2) is 36.5 Å². The molecule has 144 valence electrons. The fourth-order valence-corrected chi connectivity index (χ4v) is 3.41. The highest BCUT2D eigenvalue weighted by Crippen LogP contribution is 2.31. The van der Waals surface area contributed by atoms with Crippen LogP contribution >= 0.6 is 0 Å². The number of ether oxygens (including phenoxy) is 2. The molecule has 2 heterocycles. The molecule has 1 aliphatic heterocycles. The number of aromatic nitrogens is 2. The van der Waals surface area contributed by atoms with Crippen molar-refractivity contribution in [1.29, 1.82) is 0 Å². The van der Waals surface area contributed by atoms with Crippen LogP contribution in [0.5, 0.6) is 5.75 Å². The molecular formula is C19H23N3O5. The summed E-state index contributed by atoms with van der Waals surface area (Å²) in [4.78, 5) is 26.2. The third kappa shape index (κ3) is 3.80. The highest BCUT2D eigenvalue weighted by Gasteiger charge is 2.44. The summed E-state index contributed by atoms with van der Waals surface area (Å²) >= 11 is 0. The van der Waals surface area contributed by atoms with Gasteiger partial charge in [0.1, 0.15) is 11.2 Å². The summed E-state index contributed by atoms with van der Waals surface area (Å²) in [6.07, 6.45) is 2.80. The fourth-order valence-electron chi connectivity index (χ4n) is 3.41. The van der Waals surface area contributed by atoms with Crippen LogP contribution < -0.4 is 4.74 Å². The van der Waals surface area contributed by atoms with Gasteiger partial charge in [0.05, 0.1) is 19.4 Å². The van der Waals surface area contributed by atoms with E-state index in [0.29, 0.717) is 19.4 Å². The molecule has 2 aromatic rings. The van der Waals surface area contributed by atoms with Crippen molar-refractivity contribution < 1.29 is 24.2 Å². The Balaban J connectivity index is 1.77. The monoisotopic (exact) mass is 373 g/mol. The zero-order chi connectivity index (χ0) is 19.4. The Hall–Kier alpha value is -2.87. The van der Waals surface area contributed by atoms with Crippen molar-refractivity contribution >= 4 is 11.9 Å². The minimum atomic E-state index is -1.07. The number of carbonyl (C=O) groups excluding carboxylic acids is 1. The van der Waals surface area contributed by atoms with Gasteiger partial charge in [0.15, 0.2) is 5.69 Å². The summed E-state index contributed by atoms with van der Waals surface area (Å²) < 4.78 is 11.9. The molecule has 0 aliphatic carbocycles. The van der Waals surface area contributed by atoms with E-state index in [0.717, 1.165) is 11.4 Å². The van der Waals surface area contributed by atoms with Crippen molar-refractivity contribution in [2.24, 2.45) is 5.41 Å². The number of carboxylic acids is 1. The van der Waals surface area contributed by atoms with Gasteiger partial charge in [-0.3, -0.25) is 9.59 Å². The van der Waals surface area contributed by atoms with Crippen LogP contribution in [-0.2, 0) is 9.53 Å². The number of hydrogen-bond acceptors (Lipinski definition) is 5. The van der Waals surface area contributed by atoms with Crippen molar-refractivity contribution in [2.45, 2.75) is 12.8 Å². The Kier molecular flexibility index (Phi) is 5.46. The molecular weight excluding hydrogens is 350 g/mol. The number of benzene rings is 1. The van der Waals surface area contributed by atoms with Gasteiger partial charge < -0.3 is 19.5 Å². The standard InChI is InChI=1S/C19H23N3O5/c1-26-13-19(18(24)25)9-3-10-21(12-19)17(23)16-8-11-22(20-16)14-4-6-15(27-2)7-5-14/h4-8,11H,3,9-10,12-13H2,1-2H3,(H,24,25). The lowest BCUT2D eigenvalue weighted by Gasteiger charge is -2.39. The smallest absolute Gasteiger partial charge is 0.313 e.